The molecule has 1 N–H and O–H groups in total. The molecule has 1 fully saturated rings. The second kappa shape index (κ2) is 4.95. The van der Waals surface area contributed by atoms with Gasteiger partial charge in [0.15, 0.2) is 0 Å². The molecule has 110 valence electrons. The number of anilines is 1. The van der Waals surface area contributed by atoms with Crippen LogP contribution in [0.25, 0.3) is 10.9 Å². The number of fused-ring (bicyclic) bond motifs is 1. The van der Waals surface area contributed by atoms with E-state index in [1.165, 1.54) is 6.07 Å². The standard InChI is InChI=1S/C15H14F2N2O2/c16-15(17)3-6-19(7-4-15)12-9-11(14(20)21)8-10-2-1-5-18-13(10)12/h1-2,5,8-9H,3-4,6-7H2,(H,20,21). The van der Waals surface area contributed by atoms with Crippen LogP contribution < -0.4 is 4.90 Å². The molecule has 0 aliphatic carbocycles. The van der Waals surface area contributed by atoms with E-state index >= 15 is 0 Å². The van der Waals surface area contributed by atoms with Gasteiger partial charge in [-0.25, -0.2) is 13.6 Å². The Morgan fingerprint density at radius 2 is 2.00 bits per heavy atom. The van der Waals surface area contributed by atoms with E-state index in [1.54, 1.807) is 29.3 Å². The number of hydrogen-bond donors (Lipinski definition) is 1. The molecule has 0 atom stereocenters. The molecule has 0 spiro atoms. The highest BCUT2D eigenvalue weighted by molar-refractivity contribution is 5.99. The van der Waals surface area contributed by atoms with Crippen molar-refractivity contribution in [3.05, 3.63) is 36.0 Å². The van der Waals surface area contributed by atoms with E-state index in [9.17, 15) is 18.7 Å². The van der Waals surface area contributed by atoms with Crippen molar-refractivity contribution < 1.29 is 18.7 Å². The zero-order valence-electron chi connectivity index (χ0n) is 11.2. The van der Waals surface area contributed by atoms with Gasteiger partial charge in [-0.15, -0.1) is 0 Å². The van der Waals surface area contributed by atoms with Gasteiger partial charge in [0.2, 0.25) is 0 Å². The summed E-state index contributed by atoms with van der Waals surface area (Å²) in [5.74, 6) is -3.67. The van der Waals surface area contributed by atoms with Crippen LogP contribution in [0.1, 0.15) is 23.2 Å². The van der Waals surface area contributed by atoms with E-state index in [1.807, 2.05) is 0 Å². The fourth-order valence-corrected chi connectivity index (χ4v) is 2.61. The summed E-state index contributed by atoms with van der Waals surface area (Å²) in [6.07, 6.45) is 1.17. The summed E-state index contributed by atoms with van der Waals surface area (Å²) < 4.78 is 26.6. The first-order valence-corrected chi connectivity index (χ1v) is 6.71. The summed E-state index contributed by atoms with van der Waals surface area (Å²) in [5.41, 5.74) is 1.40. The van der Waals surface area contributed by atoms with Crippen LogP contribution in [-0.2, 0) is 0 Å². The molecule has 4 nitrogen and oxygen atoms in total. The third kappa shape index (κ3) is 2.66. The SMILES string of the molecule is O=C(O)c1cc(N2CCC(F)(F)CC2)c2ncccc2c1. The normalized spacial score (nSPS) is 17.9. The summed E-state index contributed by atoms with van der Waals surface area (Å²) in [5, 5.41) is 9.89. The van der Waals surface area contributed by atoms with Gasteiger partial charge in [-0.05, 0) is 18.2 Å². The smallest absolute Gasteiger partial charge is 0.335 e. The lowest BCUT2D eigenvalue weighted by Crippen LogP contribution is -2.39. The van der Waals surface area contributed by atoms with Crippen LogP contribution in [0.3, 0.4) is 0 Å². The van der Waals surface area contributed by atoms with Gasteiger partial charge in [-0.2, -0.15) is 0 Å². The Morgan fingerprint density at radius 1 is 1.29 bits per heavy atom. The summed E-state index contributed by atoms with van der Waals surface area (Å²) in [6, 6.07) is 6.56. The zero-order chi connectivity index (χ0) is 15.0. The quantitative estimate of drug-likeness (QED) is 0.923. The lowest BCUT2D eigenvalue weighted by molar-refractivity contribution is -0.0220. The number of rotatable bonds is 2. The molecule has 0 bridgehead atoms. The molecule has 1 aliphatic rings. The van der Waals surface area contributed by atoms with Crippen LogP contribution in [0.5, 0.6) is 0 Å². The van der Waals surface area contributed by atoms with Crippen LogP contribution in [0.2, 0.25) is 0 Å². The number of aromatic carboxylic acids is 1. The Bertz CT molecular complexity index is 693. The minimum absolute atomic E-state index is 0.142. The van der Waals surface area contributed by atoms with Gasteiger partial charge in [0.1, 0.15) is 0 Å². The lowest BCUT2D eigenvalue weighted by atomic mass is 10.0. The number of benzene rings is 1. The van der Waals surface area contributed by atoms with Gasteiger partial charge in [0.05, 0.1) is 16.8 Å². The molecule has 0 unspecified atom stereocenters. The van der Waals surface area contributed by atoms with Crippen molar-refractivity contribution >= 4 is 22.6 Å². The predicted octanol–water partition coefficient (Wildman–Crippen LogP) is 3.17. The Balaban J connectivity index is 2.06. The number of halogens is 2. The van der Waals surface area contributed by atoms with E-state index in [-0.39, 0.29) is 31.5 Å². The average Bonchev–Trinajstić information content (AvgIpc) is 2.46. The number of piperidine rings is 1. The number of hydrogen-bond acceptors (Lipinski definition) is 3. The van der Waals surface area contributed by atoms with Crippen molar-refractivity contribution in [3.63, 3.8) is 0 Å². The van der Waals surface area contributed by atoms with Crippen molar-refractivity contribution in [2.75, 3.05) is 18.0 Å². The van der Waals surface area contributed by atoms with Gasteiger partial charge in [0, 0.05) is 37.5 Å². The first-order chi connectivity index (χ1) is 9.96. The van der Waals surface area contributed by atoms with Gasteiger partial charge in [-0.3, -0.25) is 4.98 Å². The average molecular weight is 292 g/mol. The molecular weight excluding hydrogens is 278 g/mol. The first kappa shape index (κ1) is 13.7. The molecule has 1 aliphatic heterocycles. The van der Waals surface area contributed by atoms with Crippen LogP contribution in [0.4, 0.5) is 14.5 Å². The molecule has 1 aromatic heterocycles. The van der Waals surface area contributed by atoms with E-state index < -0.39 is 11.9 Å². The summed E-state index contributed by atoms with van der Waals surface area (Å²) in [7, 11) is 0. The van der Waals surface area contributed by atoms with Gasteiger partial charge >= 0.3 is 5.97 Å². The fraction of sp³-hybridized carbons (Fsp3) is 0.333. The van der Waals surface area contributed by atoms with Crippen LogP contribution in [0, 0.1) is 0 Å². The van der Waals surface area contributed by atoms with Gasteiger partial charge in [0.25, 0.3) is 5.92 Å². The zero-order valence-corrected chi connectivity index (χ0v) is 11.2. The van der Waals surface area contributed by atoms with Crippen LogP contribution in [-0.4, -0.2) is 35.1 Å². The van der Waals surface area contributed by atoms with E-state index in [0.717, 1.165) is 0 Å². The Kier molecular flexibility index (Phi) is 3.23. The highest BCUT2D eigenvalue weighted by Gasteiger charge is 2.34. The molecule has 6 heteroatoms. The maximum absolute atomic E-state index is 13.3. The third-order valence-electron chi connectivity index (χ3n) is 3.77. The number of nitrogens with zero attached hydrogens (tertiary/aromatic N) is 2. The highest BCUT2D eigenvalue weighted by Crippen LogP contribution is 2.34. The number of aromatic nitrogens is 1. The Hall–Kier alpha value is -2.24. The monoisotopic (exact) mass is 292 g/mol. The van der Waals surface area contributed by atoms with E-state index in [2.05, 4.69) is 4.98 Å². The molecule has 1 saturated heterocycles. The van der Waals surface area contributed by atoms with E-state index in [0.29, 0.717) is 16.6 Å². The third-order valence-corrected chi connectivity index (χ3v) is 3.77. The minimum atomic E-state index is -2.63. The molecule has 0 amide bonds. The van der Waals surface area contributed by atoms with Gasteiger partial charge < -0.3 is 10.0 Å². The molecule has 2 aromatic rings. The molecule has 21 heavy (non-hydrogen) atoms. The minimum Gasteiger partial charge on any atom is -0.478 e. The summed E-state index contributed by atoms with van der Waals surface area (Å²) in [4.78, 5) is 17.3. The maximum atomic E-state index is 13.3. The van der Waals surface area contributed by atoms with Crippen LogP contribution in [0.15, 0.2) is 30.5 Å². The molecular formula is C15H14F2N2O2. The molecule has 0 saturated carbocycles. The van der Waals surface area contributed by atoms with Gasteiger partial charge in [-0.1, -0.05) is 6.07 Å². The van der Waals surface area contributed by atoms with Crippen molar-refractivity contribution in [1.82, 2.24) is 4.98 Å². The maximum Gasteiger partial charge on any atom is 0.335 e. The van der Waals surface area contributed by atoms with Crippen molar-refractivity contribution in [1.29, 1.82) is 0 Å². The highest BCUT2D eigenvalue weighted by atomic mass is 19.3. The second-order valence-corrected chi connectivity index (χ2v) is 5.22. The molecule has 0 radical (unpaired) electrons. The number of carboxylic acids is 1. The Labute approximate surface area is 120 Å². The number of pyridine rings is 1. The molecule has 2 heterocycles. The molecule has 1 aromatic carbocycles. The van der Waals surface area contributed by atoms with Crippen LogP contribution >= 0.6 is 0 Å². The van der Waals surface area contributed by atoms with Crippen molar-refractivity contribution in [2.24, 2.45) is 0 Å². The summed E-state index contributed by atoms with van der Waals surface area (Å²) in [6.45, 7) is 0.392. The van der Waals surface area contributed by atoms with Crippen molar-refractivity contribution in [2.45, 2.75) is 18.8 Å². The number of carbonyl (C=O) groups is 1. The number of alkyl halides is 2. The predicted molar refractivity (Wildman–Crippen MR) is 75.1 cm³/mol. The fourth-order valence-electron chi connectivity index (χ4n) is 2.61. The van der Waals surface area contributed by atoms with Crippen molar-refractivity contribution in [3.8, 4) is 0 Å². The van der Waals surface area contributed by atoms with E-state index in [4.69, 9.17) is 0 Å². The largest absolute Gasteiger partial charge is 0.478 e. The first-order valence-electron chi connectivity index (χ1n) is 6.71. The summed E-state index contributed by atoms with van der Waals surface area (Å²) >= 11 is 0. The Morgan fingerprint density at radius 3 is 2.67 bits per heavy atom. The topological polar surface area (TPSA) is 53.4 Å². The molecule has 3 rings (SSSR count). The lowest BCUT2D eigenvalue weighted by Gasteiger charge is -2.33. The number of carboxylic acid groups (broad SMARTS) is 1. The second-order valence-electron chi connectivity index (χ2n) is 5.22.